The van der Waals surface area contributed by atoms with Crippen LogP contribution in [0.15, 0.2) is 11.4 Å². The molecule has 3 nitrogen and oxygen atoms in total. The zero-order valence-electron chi connectivity index (χ0n) is 9.02. The molecule has 0 aromatic carbocycles. The highest BCUT2D eigenvalue weighted by atomic mass is 35.5. The largest absolute Gasteiger partial charge is 0.215 e. The minimum Gasteiger partial charge on any atom is -0.212 e. The Morgan fingerprint density at radius 2 is 2.38 bits per heavy atom. The summed E-state index contributed by atoms with van der Waals surface area (Å²) in [4.78, 5) is 1.31. The summed E-state index contributed by atoms with van der Waals surface area (Å²) >= 11 is 7.24. The van der Waals surface area contributed by atoms with E-state index >= 15 is 0 Å². The normalized spacial score (nSPS) is 22.0. The molecule has 1 aromatic rings. The number of hydrogen-bond acceptors (Lipinski definition) is 3. The van der Waals surface area contributed by atoms with Crippen molar-refractivity contribution in [3.05, 3.63) is 21.9 Å². The van der Waals surface area contributed by atoms with Crippen LogP contribution in [0.2, 0.25) is 0 Å². The van der Waals surface area contributed by atoms with Gasteiger partial charge in [0.15, 0.2) is 0 Å². The zero-order chi connectivity index (χ0) is 11.8. The molecule has 1 aliphatic rings. The molecule has 1 aromatic heterocycles. The van der Waals surface area contributed by atoms with Crippen molar-refractivity contribution in [2.45, 2.75) is 19.4 Å². The third kappa shape index (κ3) is 2.14. The van der Waals surface area contributed by atoms with Gasteiger partial charge >= 0.3 is 0 Å². The van der Waals surface area contributed by atoms with Crippen LogP contribution < -0.4 is 0 Å². The molecule has 0 amide bonds. The molecule has 0 aliphatic carbocycles. The van der Waals surface area contributed by atoms with Gasteiger partial charge < -0.3 is 0 Å². The minimum absolute atomic E-state index is 0.0262. The molecule has 2 heterocycles. The fourth-order valence-electron chi connectivity index (χ4n) is 2.08. The lowest BCUT2D eigenvalue weighted by atomic mass is 10.0. The SMILES string of the molecule is CC1c2ccsc2CCN1S(=O)(=O)CCCl. The molecule has 90 valence electrons. The molecule has 0 N–H and O–H groups in total. The highest BCUT2D eigenvalue weighted by Gasteiger charge is 2.32. The van der Waals surface area contributed by atoms with E-state index in [1.807, 2.05) is 18.4 Å². The topological polar surface area (TPSA) is 37.4 Å². The van der Waals surface area contributed by atoms with Gasteiger partial charge in [0.05, 0.1) is 5.75 Å². The van der Waals surface area contributed by atoms with Crippen LogP contribution in [0.1, 0.15) is 23.4 Å². The quantitative estimate of drug-likeness (QED) is 0.796. The molecule has 1 aliphatic heterocycles. The fraction of sp³-hybridized carbons (Fsp3) is 0.600. The Morgan fingerprint density at radius 1 is 1.62 bits per heavy atom. The Labute approximate surface area is 105 Å². The maximum Gasteiger partial charge on any atom is 0.215 e. The Bertz CT molecular complexity index is 469. The Kier molecular flexibility index (Phi) is 3.59. The van der Waals surface area contributed by atoms with Gasteiger partial charge in [-0.15, -0.1) is 22.9 Å². The summed E-state index contributed by atoms with van der Waals surface area (Å²) in [5, 5.41) is 2.03. The van der Waals surface area contributed by atoms with Gasteiger partial charge in [0, 0.05) is 23.3 Å². The van der Waals surface area contributed by atoms with Crippen LogP contribution >= 0.6 is 22.9 Å². The van der Waals surface area contributed by atoms with Crippen molar-refractivity contribution in [1.82, 2.24) is 4.31 Å². The Hall–Kier alpha value is -0.100. The molecule has 0 radical (unpaired) electrons. The summed E-state index contributed by atoms with van der Waals surface area (Å²) in [6, 6.07) is 1.97. The number of fused-ring (bicyclic) bond motifs is 1. The van der Waals surface area contributed by atoms with Crippen LogP contribution in [0.5, 0.6) is 0 Å². The summed E-state index contributed by atoms with van der Waals surface area (Å²) < 4.78 is 25.5. The third-order valence-electron chi connectivity index (χ3n) is 2.91. The van der Waals surface area contributed by atoms with E-state index in [1.54, 1.807) is 15.6 Å². The lowest BCUT2D eigenvalue weighted by Gasteiger charge is -2.32. The Morgan fingerprint density at radius 3 is 3.06 bits per heavy atom. The molecule has 1 unspecified atom stereocenters. The number of thiophene rings is 1. The van der Waals surface area contributed by atoms with Gasteiger partial charge in [0.2, 0.25) is 10.0 Å². The second kappa shape index (κ2) is 4.64. The molecule has 2 rings (SSSR count). The van der Waals surface area contributed by atoms with Crippen LogP contribution in [0.4, 0.5) is 0 Å². The second-order valence-corrected chi connectivity index (χ2v) is 7.26. The number of halogens is 1. The first-order valence-electron chi connectivity index (χ1n) is 5.18. The molecular weight excluding hydrogens is 266 g/mol. The van der Waals surface area contributed by atoms with E-state index < -0.39 is 10.0 Å². The van der Waals surface area contributed by atoms with Gasteiger partial charge in [-0.1, -0.05) is 0 Å². The minimum atomic E-state index is -3.20. The van der Waals surface area contributed by atoms with Crippen LogP contribution in [0.3, 0.4) is 0 Å². The van der Waals surface area contributed by atoms with Gasteiger partial charge in [0.1, 0.15) is 0 Å². The van der Waals surface area contributed by atoms with Gasteiger partial charge in [-0.05, 0) is 30.4 Å². The number of rotatable bonds is 3. The first-order valence-corrected chi connectivity index (χ1v) is 8.20. The van der Waals surface area contributed by atoms with Gasteiger partial charge in [-0.25, -0.2) is 8.42 Å². The summed E-state index contributed by atoms with van der Waals surface area (Å²) in [6.07, 6.45) is 0.818. The average Bonchev–Trinajstić information content (AvgIpc) is 2.66. The summed E-state index contributed by atoms with van der Waals surface area (Å²) in [7, 11) is -3.20. The van der Waals surface area contributed by atoms with Gasteiger partial charge in [-0.2, -0.15) is 4.31 Å². The van der Waals surface area contributed by atoms with Crippen molar-refractivity contribution >= 4 is 33.0 Å². The number of sulfonamides is 1. The van der Waals surface area contributed by atoms with E-state index in [-0.39, 0.29) is 17.7 Å². The van der Waals surface area contributed by atoms with Gasteiger partial charge in [-0.3, -0.25) is 0 Å². The van der Waals surface area contributed by atoms with E-state index in [2.05, 4.69) is 0 Å². The molecule has 1 atom stereocenters. The number of nitrogens with zero attached hydrogens (tertiary/aromatic N) is 1. The zero-order valence-corrected chi connectivity index (χ0v) is 11.4. The fourth-order valence-corrected chi connectivity index (χ4v) is 5.02. The molecule has 0 saturated heterocycles. The third-order valence-corrected chi connectivity index (χ3v) is 6.26. The van der Waals surface area contributed by atoms with Gasteiger partial charge in [0.25, 0.3) is 0 Å². The smallest absolute Gasteiger partial charge is 0.212 e. The maximum atomic E-state index is 12.0. The predicted octanol–water partition coefficient (Wildman–Crippen LogP) is 2.24. The molecule has 0 saturated carbocycles. The van der Waals surface area contributed by atoms with E-state index in [0.29, 0.717) is 6.54 Å². The van der Waals surface area contributed by atoms with E-state index in [0.717, 1.165) is 12.0 Å². The molecule has 0 bridgehead atoms. The maximum absolute atomic E-state index is 12.0. The van der Waals surface area contributed by atoms with Crippen LogP contribution in [0, 0.1) is 0 Å². The molecular formula is C10H14ClNO2S2. The van der Waals surface area contributed by atoms with Crippen molar-refractivity contribution in [3.63, 3.8) is 0 Å². The summed E-state index contributed by atoms with van der Waals surface area (Å²) in [6.45, 7) is 2.52. The monoisotopic (exact) mass is 279 g/mol. The standard InChI is InChI=1S/C10H14ClNO2S2/c1-8-9-3-6-15-10(9)2-5-12(8)16(13,14)7-4-11/h3,6,8H,2,4-5,7H2,1H3. The molecule has 6 heteroatoms. The second-order valence-electron chi connectivity index (χ2n) is 3.84. The lowest BCUT2D eigenvalue weighted by molar-refractivity contribution is 0.330. The molecule has 16 heavy (non-hydrogen) atoms. The number of hydrogen-bond donors (Lipinski definition) is 0. The van der Waals surface area contributed by atoms with Crippen LogP contribution in [0.25, 0.3) is 0 Å². The first kappa shape index (κ1) is 12.4. The van der Waals surface area contributed by atoms with Crippen LogP contribution in [-0.2, 0) is 16.4 Å². The van der Waals surface area contributed by atoms with E-state index in [9.17, 15) is 8.42 Å². The number of alkyl halides is 1. The van der Waals surface area contributed by atoms with E-state index in [1.165, 1.54) is 4.88 Å². The Balaban J connectivity index is 2.28. The first-order chi connectivity index (χ1) is 7.56. The van der Waals surface area contributed by atoms with Crippen molar-refractivity contribution in [2.24, 2.45) is 0 Å². The average molecular weight is 280 g/mol. The van der Waals surface area contributed by atoms with Crippen molar-refractivity contribution in [1.29, 1.82) is 0 Å². The summed E-state index contributed by atoms with van der Waals surface area (Å²) in [5.41, 5.74) is 1.15. The van der Waals surface area contributed by atoms with Crippen LogP contribution in [-0.4, -0.2) is 30.9 Å². The highest BCUT2D eigenvalue weighted by molar-refractivity contribution is 7.89. The molecule has 0 fully saturated rings. The highest BCUT2D eigenvalue weighted by Crippen LogP contribution is 2.34. The lowest BCUT2D eigenvalue weighted by Crippen LogP contribution is -2.39. The van der Waals surface area contributed by atoms with Crippen molar-refractivity contribution in [2.75, 3.05) is 18.2 Å². The predicted molar refractivity (Wildman–Crippen MR) is 67.7 cm³/mol. The summed E-state index contributed by atoms with van der Waals surface area (Å²) in [5.74, 6) is 0.181. The van der Waals surface area contributed by atoms with E-state index in [4.69, 9.17) is 11.6 Å². The van der Waals surface area contributed by atoms with Crippen molar-refractivity contribution in [3.8, 4) is 0 Å². The van der Waals surface area contributed by atoms with Crippen molar-refractivity contribution < 1.29 is 8.42 Å². The molecule has 0 spiro atoms.